The smallest absolute Gasteiger partial charge is 0.410 e. The molecule has 2 aliphatic rings. The van der Waals surface area contributed by atoms with Crippen LogP contribution in [0.3, 0.4) is 0 Å². The van der Waals surface area contributed by atoms with E-state index in [1.165, 1.54) is 12.8 Å². The molecule has 2 rings (SSSR count). The summed E-state index contributed by atoms with van der Waals surface area (Å²) in [5, 5.41) is 3.30. The van der Waals surface area contributed by atoms with E-state index >= 15 is 0 Å². The third kappa shape index (κ3) is 6.44. The highest BCUT2D eigenvalue weighted by molar-refractivity contribution is 5.80. The maximum atomic E-state index is 12.7. The summed E-state index contributed by atoms with van der Waals surface area (Å²) in [5.41, 5.74) is -0.459. The fourth-order valence-electron chi connectivity index (χ4n) is 3.21. The number of nitrogens with zero attached hydrogens (tertiary/aromatic N) is 3. The maximum absolute atomic E-state index is 12.7. The summed E-state index contributed by atoms with van der Waals surface area (Å²) in [6.07, 6.45) is 9.46. The third-order valence-corrected chi connectivity index (χ3v) is 4.64. The van der Waals surface area contributed by atoms with Gasteiger partial charge in [0.15, 0.2) is 5.96 Å². The number of hydrogen-bond acceptors (Lipinski definition) is 3. The average Bonchev–Trinajstić information content (AvgIpc) is 3.39. The van der Waals surface area contributed by atoms with Crippen LogP contribution >= 0.6 is 0 Å². The normalized spacial score (nSPS) is 19.0. The van der Waals surface area contributed by atoms with Crippen LogP contribution in [0.2, 0.25) is 0 Å². The van der Waals surface area contributed by atoms with Gasteiger partial charge in [0.1, 0.15) is 12.1 Å². The summed E-state index contributed by atoms with van der Waals surface area (Å²) in [4.78, 5) is 21.4. The molecule has 146 valence electrons. The Bertz CT molecular complexity index is 535. The van der Waals surface area contributed by atoms with Gasteiger partial charge in [0.25, 0.3) is 0 Å². The second kappa shape index (κ2) is 9.16. The number of amides is 1. The van der Waals surface area contributed by atoms with Crippen molar-refractivity contribution >= 4 is 12.1 Å². The first-order valence-electron chi connectivity index (χ1n) is 9.80. The Kier molecular flexibility index (Phi) is 7.19. The van der Waals surface area contributed by atoms with E-state index in [1.807, 2.05) is 25.7 Å². The molecule has 1 N–H and O–H groups in total. The molecule has 0 atom stereocenters. The standard InChI is InChI=1S/C20H34N4O2/c1-6-12-22-18(21-7-2)23-13-10-17(11-14-23)24(15-16-8-9-16)19(25)26-20(3,4)5/h1,16-17H,7-15H2,2-5H3,(H,21,22). The van der Waals surface area contributed by atoms with Crippen molar-refractivity contribution in [3.63, 3.8) is 0 Å². The number of guanidine groups is 1. The summed E-state index contributed by atoms with van der Waals surface area (Å²) in [6.45, 7) is 11.6. The number of piperidine rings is 1. The summed E-state index contributed by atoms with van der Waals surface area (Å²) in [5.74, 6) is 4.08. The lowest BCUT2D eigenvalue weighted by atomic mass is 10.0. The Labute approximate surface area is 158 Å². The molecule has 0 aromatic carbocycles. The van der Waals surface area contributed by atoms with Crippen LogP contribution < -0.4 is 5.32 Å². The van der Waals surface area contributed by atoms with Crippen molar-refractivity contribution in [1.29, 1.82) is 0 Å². The number of likely N-dealkylation sites (tertiary alicyclic amines) is 1. The molecule has 1 aliphatic heterocycles. The van der Waals surface area contributed by atoms with E-state index in [2.05, 4.69) is 28.1 Å². The Hall–Kier alpha value is -1.90. The van der Waals surface area contributed by atoms with Gasteiger partial charge in [-0.2, -0.15) is 0 Å². The highest BCUT2D eigenvalue weighted by Crippen LogP contribution is 2.32. The van der Waals surface area contributed by atoms with Crippen molar-refractivity contribution in [2.24, 2.45) is 10.9 Å². The van der Waals surface area contributed by atoms with Gasteiger partial charge in [0.05, 0.1) is 0 Å². The van der Waals surface area contributed by atoms with Crippen LogP contribution in [0.25, 0.3) is 0 Å². The quantitative estimate of drug-likeness (QED) is 0.464. The lowest BCUT2D eigenvalue weighted by molar-refractivity contribution is 0.00929. The van der Waals surface area contributed by atoms with Gasteiger partial charge in [-0.3, -0.25) is 0 Å². The number of aliphatic imine (C=N–C) groups is 1. The monoisotopic (exact) mass is 362 g/mol. The minimum atomic E-state index is -0.459. The third-order valence-electron chi connectivity index (χ3n) is 4.64. The number of nitrogens with one attached hydrogen (secondary N) is 1. The maximum Gasteiger partial charge on any atom is 0.410 e. The van der Waals surface area contributed by atoms with Crippen LogP contribution in [0.15, 0.2) is 4.99 Å². The molecular formula is C20H34N4O2. The summed E-state index contributed by atoms with van der Waals surface area (Å²) < 4.78 is 5.66. The molecule has 1 saturated carbocycles. The second-order valence-corrected chi connectivity index (χ2v) is 8.17. The Balaban J connectivity index is 1.97. The highest BCUT2D eigenvalue weighted by atomic mass is 16.6. The molecule has 0 spiro atoms. The molecule has 1 aliphatic carbocycles. The van der Waals surface area contributed by atoms with Gasteiger partial charge < -0.3 is 19.9 Å². The lowest BCUT2D eigenvalue weighted by Crippen LogP contribution is -2.52. The first kappa shape index (κ1) is 20.4. The zero-order valence-corrected chi connectivity index (χ0v) is 16.8. The molecule has 1 amide bonds. The minimum Gasteiger partial charge on any atom is -0.444 e. The molecule has 0 bridgehead atoms. The average molecular weight is 363 g/mol. The van der Waals surface area contributed by atoms with Gasteiger partial charge in [-0.25, -0.2) is 9.79 Å². The van der Waals surface area contributed by atoms with E-state index in [9.17, 15) is 4.79 Å². The van der Waals surface area contributed by atoms with Gasteiger partial charge in [-0.05, 0) is 59.3 Å². The second-order valence-electron chi connectivity index (χ2n) is 8.17. The molecule has 0 radical (unpaired) electrons. The van der Waals surface area contributed by atoms with Gasteiger partial charge >= 0.3 is 6.09 Å². The van der Waals surface area contributed by atoms with E-state index < -0.39 is 5.60 Å². The molecule has 0 aromatic rings. The Morgan fingerprint density at radius 3 is 2.46 bits per heavy atom. The first-order valence-corrected chi connectivity index (χ1v) is 9.80. The topological polar surface area (TPSA) is 57.2 Å². The molecule has 6 heteroatoms. The number of terminal acetylenes is 1. The van der Waals surface area contributed by atoms with E-state index in [0.29, 0.717) is 12.5 Å². The fourth-order valence-corrected chi connectivity index (χ4v) is 3.21. The van der Waals surface area contributed by atoms with Crippen molar-refractivity contribution < 1.29 is 9.53 Å². The number of carbonyl (C=O) groups is 1. The summed E-state index contributed by atoms with van der Waals surface area (Å²) in [7, 11) is 0. The molecule has 26 heavy (non-hydrogen) atoms. The molecule has 0 aromatic heterocycles. The van der Waals surface area contributed by atoms with E-state index in [-0.39, 0.29) is 12.1 Å². The molecule has 6 nitrogen and oxygen atoms in total. The molecule has 1 heterocycles. The largest absolute Gasteiger partial charge is 0.444 e. The predicted octanol–water partition coefficient (Wildman–Crippen LogP) is 2.70. The molecule has 2 fully saturated rings. The van der Waals surface area contributed by atoms with Crippen molar-refractivity contribution in [3.05, 3.63) is 0 Å². The van der Waals surface area contributed by atoms with Crippen LogP contribution in [-0.4, -0.2) is 66.2 Å². The SMILES string of the molecule is C#CCN=C(NCC)N1CCC(N(CC2CC2)C(=O)OC(C)(C)C)CC1. The first-order chi connectivity index (χ1) is 12.3. The van der Waals surface area contributed by atoms with Gasteiger partial charge in [0.2, 0.25) is 0 Å². The van der Waals surface area contributed by atoms with Crippen LogP contribution in [0.5, 0.6) is 0 Å². The van der Waals surface area contributed by atoms with Crippen LogP contribution in [0.1, 0.15) is 53.4 Å². The van der Waals surface area contributed by atoms with Crippen LogP contribution in [0.4, 0.5) is 4.79 Å². The van der Waals surface area contributed by atoms with Gasteiger partial charge in [0, 0.05) is 32.2 Å². The molecular weight excluding hydrogens is 328 g/mol. The predicted molar refractivity (Wildman–Crippen MR) is 105 cm³/mol. The van der Waals surface area contributed by atoms with Gasteiger partial charge in [-0.15, -0.1) is 6.42 Å². The molecule has 1 saturated heterocycles. The van der Waals surface area contributed by atoms with E-state index in [0.717, 1.165) is 45.0 Å². The zero-order chi connectivity index (χ0) is 19.2. The van der Waals surface area contributed by atoms with E-state index in [1.54, 1.807) is 0 Å². The van der Waals surface area contributed by atoms with Crippen molar-refractivity contribution in [2.45, 2.75) is 65.0 Å². The highest BCUT2D eigenvalue weighted by Gasteiger charge is 2.35. The summed E-state index contributed by atoms with van der Waals surface area (Å²) in [6, 6.07) is 0.234. The van der Waals surface area contributed by atoms with E-state index in [4.69, 9.17) is 11.2 Å². The van der Waals surface area contributed by atoms with Gasteiger partial charge in [-0.1, -0.05) is 5.92 Å². The number of ether oxygens (including phenoxy) is 1. The number of carbonyl (C=O) groups excluding carboxylic acids is 1. The fraction of sp³-hybridized carbons (Fsp3) is 0.800. The van der Waals surface area contributed by atoms with Crippen molar-refractivity contribution in [2.75, 3.05) is 32.7 Å². The summed E-state index contributed by atoms with van der Waals surface area (Å²) >= 11 is 0. The number of hydrogen-bond donors (Lipinski definition) is 1. The number of rotatable bonds is 5. The Morgan fingerprint density at radius 1 is 1.31 bits per heavy atom. The zero-order valence-electron chi connectivity index (χ0n) is 16.8. The minimum absolute atomic E-state index is 0.171. The Morgan fingerprint density at radius 2 is 1.96 bits per heavy atom. The van der Waals surface area contributed by atoms with Crippen LogP contribution in [0, 0.1) is 18.3 Å². The lowest BCUT2D eigenvalue weighted by Gasteiger charge is -2.40. The molecule has 0 unspecified atom stereocenters. The van der Waals surface area contributed by atoms with Crippen molar-refractivity contribution in [3.8, 4) is 12.3 Å². The van der Waals surface area contributed by atoms with Crippen LogP contribution in [-0.2, 0) is 4.74 Å². The van der Waals surface area contributed by atoms with Crippen molar-refractivity contribution in [1.82, 2.24) is 15.1 Å².